The van der Waals surface area contributed by atoms with E-state index in [9.17, 15) is 4.79 Å². The van der Waals surface area contributed by atoms with Crippen molar-refractivity contribution >= 4 is 5.78 Å². The summed E-state index contributed by atoms with van der Waals surface area (Å²) < 4.78 is 16.6. The number of rotatable bonds is 4. The minimum absolute atomic E-state index is 0.289. The number of carbonyl (C=O) groups excluding carboxylic acids is 1. The van der Waals surface area contributed by atoms with E-state index in [-0.39, 0.29) is 5.78 Å². The fraction of sp³-hybridized carbons (Fsp3) is 0.409. The Hall–Kier alpha value is -2.53. The molecule has 1 atom stereocenters. The van der Waals surface area contributed by atoms with Gasteiger partial charge >= 0.3 is 0 Å². The Morgan fingerprint density at radius 1 is 0.926 bits per heavy atom. The van der Waals surface area contributed by atoms with E-state index in [1.807, 2.05) is 12.1 Å². The molecule has 142 valence electrons. The summed E-state index contributed by atoms with van der Waals surface area (Å²) in [5, 5.41) is 0. The third-order valence-electron chi connectivity index (χ3n) is 5.91. The van der Waals surface area contributed by atoms with Crippen LogP contribution in [0, 0.1) is 0 Å². The molecule has 5 nitrogen and oxygen atoms in total. The van der Waals surface area contributed by atoms with Crippen LogP contribution in [0.3, 0.4) is 0 Å². The van der Waals surface area contributed by atoms with Crippen LogP contribution < -0.4 is 14.2 Å². The van der Waals surface area contributed by atoms with E-state index < -0.39 is 5.54 Å². The van der Waals surface area contributed by atoms with Crippen molar-refractivity contribution < 1.29 is 19.0 Å². The molecule has 0 N–H and O–H groups in total. The number of fused-ring (bicyclic) bond motifs is 3. The zero-order chi connectivity index (χ0) is 19.0. The molecule has 0 amide bonds. The molecule has 1 saturated heterocycles. The number of methoxy groups -OCH3 is 3. The fourth-order valence-electron chi connectivity index (χ4n) is 4.59. The number of hydrogen-bond donors (Lipinski definition) is 0. The maximum absolute atomic E-state index is 12.6. The maximum atomic E-state index is 12.6. The van der Waals surface area contributed by atoms with Crippen molar-refractivity contribution in [2.24, 2.45) is 0 Å². The molecule has 0 bridgehead atoms. The summed E-state index contributed by atoms with van der Waals surface area (Å²) in [6, 6.07) is 12.2. The lowest BCUT2D eigenvalue weighted by atomic mass is 9.70. The van der Waals surface area contributed by atoms with Gasteiger partial charge in [0.2, 0.25) is 0 Å². The van der Waals surface area contributed by atoms with E-state index >= 15 is 0 Å². The molecule has 1 unspecified atom stereocenters. The monoisotopic (exact) mass is 367 g/mol. The van der Waals surface area contributed by atoms with Crippen LogP contribution in [0.15, 0.2) is 36.4 Å². The Labute approximate surface area is 159 Å². The second-order valence-electron chi connectivity index (χ2n) is 7.16. The van der Waals surface area contributed by atoms with Crippen LogP contribution in [0.25, 0.3) is 0 Å². The molecule has 2 aliphatic rings. The first-order chi connectivity index (χ1) is 13.1. The van der Waals surface area contributed by atoms with Crippen molar-refractivity contribution in [3.63, 3.8) is 0 Å². The Morgan fingerprint density at radius 2 is 1.67 bits per heavy atom. The van der Waals surface area contributed by atoms with Crippen LogP contribution in [0.1, 0.15) is 29.5 Å². The Bertz CT molecular complexity index is 879. The first-order valence-corrected chi connectivity index (χ1v) is 9.29. The number of ketones is 1. The quantitative estimate of drug-likeness (QED) is 0.831. The summed E-state index contributed by atoms with van der Waals surface area (Å²) in [7, 11) is 4.97. The van der Waals surface area contributed by atoms with Crippen LogP contribution in [0.2, 0.25) is 0 Å². The van der Waals surface area contributed by atoms with Crippen LogP contribution in [-0.2, 0) is 16.8 Å². The summed E-state index contributed by atoms with van der Waals surface area (Å²) in [6.07, 6.45) is 1.99. The molecule has 2 aromatic carbocycles. The number of hydrogen-bond acceptors (Lipinski definition) is 5. The number of nitrogens with zero attached hydrogens (tertiary/aromatic N) is 1. The average molecular weight is 367 g/mol. The van der Waals surface area contributed by atoms with Crippen LogP contribution in [-0.4, -0.2) is 45.1 Å². The van der Waals surface area contributed by atoms with Crippen LogP contribution in [0.5, 0.6) is 17.2 Å². The second-order valence-corrected chi connectivity index (χ2v) is 7.16. The van der Waals surface area contributed by atoms with Crippen LogP contribution in [0.4, 0.5) is 0 Å². The van der Waals surface area contributed by atoms with Crippen molar-refractivity contribution in [1.29, 1.82) is 0 Å². The van der Waals surface area contributed by atoms with Gasteiger partial charge in [0.05, 0.1) is 26.9 Å². The summed E-state index contributed by atoms with van der Waals surface area (Å²) in [4.78, 5) is 15.1. The zero-order valence-corrected chi connectivity index (χ0v) is 16.1. The third kappa shape index (κ3) is 2.77. The molecule has 27 heavy (non-hydrogen) atoms. The van der Waals surface area contributed by atoms with Gasteiger partial charge in [0, 0.05) is 25.9 Å². The Balaban J connectivity index is 1.98. The maximum Gasteiger partial charge on any atom is 0.161 e. The van der Waals surface area contributed by atoms with Crippen molar-refractivity contribution in [2.45, 2.75) is 24.8 Å². The smallest absolute Gasteiger partial charge is 0.161 e. The molecule has 2 heterocycles. The largest absolute Gasteiger partial charge is 0.497 e. The average Bonchev–Trinajstić information content (AvgIpc) is 2.72. The van der Waals surface area contributed by atoms with Crippen molar-refractivity contribution in [3.05, 3.63) is 53.1 Å². The van der Waals surface area contributed by atoms with Gasteiger partial charge < -0.3 is 14.2 Å². The van der Waals surface area contributed by atoms with E-state index in [4.69, 9.17) is 14.2 Å². The first kappa shape index (κ1) is 17.9. The molecule has 0 saturated carbocycles. The molecular weight excluding hydrogens is 342 g/mol. The Kier molecular flexibility index (Phi) is 4.56. The van der Waals surface area contributed by atoms with Crippen molar-refractivity contribution in [3.8, 4) is 17.2 Å². The second kappa shape index (κ2) is 6.89. The standard InChI is InChI=1S/C22H25NO4/c1-25-18-6-4-5-16(12-18)22-14-17(24)8-10-23(22)9-7-15-11-20(26-2)21(27-3)13-19(15)22/h4-6,11-13H,7-10,14H2,1-3H3. The number of benzene rings is 2. The number of Topliss-reactive ketones (excluding diaryl/α,β-unsaturated/α-hetero) is 1. The SMILES string of the molecule is COc1cccc(C23CC(=O)CCN2CCc2cc(OC)c(OC)cc23)c1. The number of ether oxygens (including phenoxy) is 3. The van der Waals surface area contributed by atoms with E-state index in [1.54, 1.807) is 21.3 Å². The third-order valence-corrected chi connectivity index (χ3v) is 5.91. The highest BCUT2D eigenvalue weighted by Crippen LogP contribution is 2.49. The Morgan fingerprint density at radius 3 is 2.41 bits per heavy atom. The van der Waals surface area contributed by atoms with Crippen molar-refractivity contribution in [1.82, 2.24) is 4.90 Å². The highest BCUT2D eigenvalue weighted by Gasteiger charge is 2.48. The number of piperidine rings is 1. The van der Waals surface area contributed by atoms with Gasteiger partial charge in [0.1, 0.15) is 11.5 Å². The predicted octanol–water partition coefficient (Wildman–Crippen LogP) is 3.18. The van der Waals surface area contributed by atoms with Gasteiger partial charge in [-0.2, -0.15) is 0 Å². The van der Waals surface area contributed by atoms with Gasteiger partial charge in [-0.25, -0.2) is 0 Å². The topological polar surface area (TPSA) is 48.0 Å². The van der Waals surface area contributed by atoms with Crippen LogP contribution >= 0.6 is 0 Å². The molecule has 0 spiro atoms. The summed E-state index contributed by atoms with van der Waals surface area (Å²) >= 11 is 0. The molecule has 1 fully saturated rings. The number of carbonyl (C=O) groups is 1. The lowest BCUT2D eigenvalue weighted by molar-refractivity contribution is -0.126. The minimum atomic E-state index is -0.489. The predicted molar refractivity (Wildman–Crippen MR) is 103 cm³/mol. The van der Waals surface area contributed by atoms with Gasteiger partial charge in [-0.3, -0.25) is 9.69 Å². The fourth-order valence-corrected chi connectivity index (χ4v) is 4.59. The first-order valence-electron chi connectivity index (χ1n) is 9.29. The molecule has 2 aliphatic heterocycles. The van der Waals surface area contributed by atoms with Gasteiger partial charge in [-0.05, 0) is 47.4 Å². The molecule has 0 aliphatic carbocycles. The molecule has 0 aromatic heterocycles. The van der Waals surface area contributed by atoms with Gasteiger partial charge in [0.15, 0.2) is 11.5 Å². The lowest BCUT2D eigenvalue weighted by Gasteiger charge is -2.51. The molecular formula is C22H25NO4. The minimum Gasteiger partial charge on any atom is -0.497 e. The van der Waals surface area contributed by atoms with Gasteiger partial charge in [0.25, 0.3) is 0 Å². The summed E-state index contributed by atoms with van der Waals surface area (Å²) in [5.74, 6) is 2.51. The highest BCUT2D eigenvalue weighted by molar-refractivity contribution is 5.82. The van der Waals surface area contributed by atoms with Gasteiger partial charge in [-0.15, -0.1) is 0 Å². The highest BCUT2D eigenvalue weighted by atomic mass is 16.5. The van der Waals surface area contributed by atoms with E-state index in [2.05, 4.69) is 29.2 Å². The van der Waals surface area contributed by atoms with E-state index in [1.165, 1.54) is 5.56 Å². The summed E-state index contributed by atoms with van der Waals surface area (Å²) in [6.45, 7) is 1.68. The zero-order valence-electron chi connectivity index (χ0n) is 16.1. The lowest BCUT2D eigenvalue weighted by Crippen LogP contribution is -2.56. The van der Waals surface area contributed by atoms with Crippen molar-refractivity contribution in [2.75, 3.05) is 34.4 Å². The molecule has 0 radical (unpaired) electrons. The summed E-state index contributed by atoms with van der Waals surface area (Å²) in [5.41, 5.74) is 2.94. The van der Waals surface area contributed by atoms with E-state index in [0.29, 0.717) is 18.6 Å². The normalized spacial score (nSPS) is 22.0. The molecule has 2 aromatic rings. The molecule has 5 heteroatoms. The van der Waals surface area contributed by atoms with Gasteiger partial charge in [-0.1, -0.05) is 12.1 Å². The molecule has 4 rings (SSSR count). The van der Waals surface area contributed by atoms with E-state index in [0.717, 1.165) is 42.1 Å².